The van der Waals surface area contributed by atoms with Gasteiger partial charge < -0.3 is 4.74 Å². The summed E-state index contributed by atoms with van der Waals surface area (Å²) in [4.78, 5) is 4.38. The third-order valence-corrected chi connectivity index (χ3v) is 5.63. The molecule has 0 fully saturated rings. The van der Waals surface area contributed by atoms with E-state index in [1.54, 1.807) is 24.3 Å². The van der Waals surface area contributed by atoms with Crippen molar-refractivity contribution in [2.24, 2.45) is 0 Å². The highest BCUT2D eigenvalue weighted by atomic mass is 35.5. The molecule has 2 aromatic carbocycles. The SMILES string of the molecule is CCOc1ccc2nc(NS(=O)(=O)c3cccc(Cl)c3)sc2c1. The molecule has 0 spiro atoms. The van der Waals surface area contributed by atoms with Gasteiger partial charge in [-0.05, 0) is 43.3 Å². The zero-order chi connectivity index (χ0) is 16.4. The first-order chi connectivity index (χ1) is 11.0. The second-order valence-corrected chi connectivity index (χ2v) is 7.79. The predicted molar refractivity (Wildman–Crippen MR) is 93.0 cm³/mol. The van der Waals surface area contributed by atoms with E-state index < -0.39 is 10.0 Å². The zero-order valence-corrected chi connectivity index (χ0v) is 14.5. The molecule has 8 heteroatoms. The molecule has 0 amide bonds. The molecule has 1 heterocycles. The number of halogens is 1. The number of fused-ring (bicyclic) bond motifs is 1. The first-order valence-electron chi connectivity index (χ1n) is 6.80. The van der Waals surface area contributed by atoms with Crippen molar-refractivity contribution < 1.29 is 13.2 Å². The summed E-state index contributed by atoms with van der Waals surface area (Å²) < 4.78 is 33.5. The molecule has 0 aliphatic carbocycles. The van der Waals surface area contributed by atoms with Crippen LogP contribution in [0, 0.1) is 0 Å². The van der Waals surface area contributed by atoms with Gasteiger partial charge in [-0.15, -0.1) is 0 Å². The number of thiazole rings is 1. The third kappa shape index (κ3) is 3.57. The van der Waals surface area contributed by atoms with Gasteiger partial charge in [-0.2, -0.15) is 0 Å². The fraction of sp³-hybridized carbons (Fsp3) is 0.133. The predicted octanol–water partition coefficient (Wildman–Crippen LogP) is 4.15. The van der Waals surface area contributed by atoms with Crippen molar-refractivity contribution in [1.29, 1.82) is 0 Å². The Morgan fingerprint density at radius 1 is 1.26 bits per heavy atom. The van der Waals surface area contributed by atoms with E-state index in [1.807, 2.05) is 13.0 Å². The minimum absolute atomic E-state index is 0.0965. The molecule has 3 rings (SSSR count). The number of hydrogen-bond acceptors (Lipinski definition) is 5. The van der Waals surface area contributed by atoms with Crippen molar-refractivity contribution >= 4 is 48.3 Å². The van der Waals surface area contributed by atoms with E-state index in [1.165, 1.54) is 23.5 Å². The number of hydrogen-bond donors (Lipinski definition) is 1. The second-order valence-electron chi connectivity index (χ2n) is 4.64. The Morgan fingerprint density at radius 2 is 2.09 bits per heavy atom. The molecule has 5 nitrogen and oxygen atoms in total. The molecule has 0 aliphatic rings. The molecule has 0 saturated heterocycles. The Kier molecular flexibility index (Phi) is 4.43. The first-order valence-corrected chi connectivity index (χ1v) is 9.47. The Morgan fingerprint density at radius 3 is 2.83 bits per heavy atom. The topological polar surface area (TPSA) is 68.3 Å². The van der Waals surface area contributed by atoms with Gasteiger partial charge in [-0.3, -0.25) is 4.72 Å². The summed E-state index contributed by atoms with van der Waals surface area (Å²) >= 11 is 7.09. The molecule has 3 aromatic rings. The lowest BCUT2D eigenvalue weighted by molar-refractivity contribution is 0.341. The van der Waals surface area contributed by atoms with Crippen molar-refractivity contribution in [3.05, 3.63) is 47.5 Å². The van der Waals surface area contributed by atoms with E-state index in [0.717, 1.165) is 10.4 Å². The van der Waals surface area contributed by atoms with Gasteiger partial charge in [0.1, 0.15) is 5.75 Å². The first kappa shape index (κ1) is 16.0. The average Bonchev–Trinajstić information content (AvgIpc) is 2.88. The Hall–Kier alpha value is -1.83. The number of aromatic nitrogens is 1. The maximum atomic E-state index is 12.4. The quantitative estimate of drug-likeness (QED) is 0.734. The number of nitrogens with one attached hydrogen (secondary N) is 1. The zero-order valence-electron chi connectivity index (χ0n) is 12.1. The molecule has 0 unspecified atom stereocenters. The van der Waals surface area contributed by atoms with E-state index in [9.17, 15) is 8.42 Å². The van der Waals surface area contributed by atoms with E-state index in [2.05, 4.69) is 9.71 Å². The Bertz CT molecular complexity index is 954. The fourth-order valence-corrected chi connectivity index (χ4v) is 4.44. The monoisotopic (exact) mass is 368 g/mol. The van der Waals surface area contributed by atoms with Gasteiger partial charge in [0.15, 0.2) is 5.13 Å². The average molecular weight is 369 g/mol. The molecule has 0 radical (unpaired) electrons. The molecule has 0 aliphatic heterocycles. The van der Waals surface area contributed by atoms with Crippen molar-refractivity contribution in [2.45, 2.75) is 11.8 Å². The van der Waals surface area contributed by atoms with Crippen LogP contribution in [0.3, 0.4) is 0 Å². The van der Waals surface area contributed by atoms with E-state index >= 15 is 0 Å². The standard InChI is InChI=1S/C15H13ClN2O3S2/c1-2-21-11-6-7-13-14(9-11)22-15(17-13)18-23(19,20)12-5-3-4-10(16)8-12/h3-9H,2H2,1H3,(H,17,18). The number of nitrogens with zero attached hydrogens (tertiary/aromatic N) is 1. The summed E-state index contributed by atoms with van der Waals surface area (Å²) in [5, 5.41) is 0.659. The van der Waals surface area contributed by atoms with Crippen LogP contribution in [-0.2, 0) is 10.0 Å². The number of rotatable bonds is 5. The number of sulfonamides is 1. The highest BCUT2D eigenvalue weighted by Gasteiger charge is 2.17. The number of benzene rings is 2. The van der Waals surface area contributed by atoms with Crippen LogP contribution in [0.25, 0.3) is 10.2 Å². The summed E-state index contributed by atoms with van der Waals surface area (Å²) in [7, 11) is -3.72. The van der Waals surface area contributed by atoms with Crippen LogP contribution in [-0.4, -0.2) is 20.0 Å². The minimum atomic E-state index is -3.72. The summed E-state index contributed by atoms with van der Waals surface area (Å²) in [6.45, 7) is 2.47. The molecular formula is C15H13ClN2O3S2. The molecule has 0 bridgehead atoms. The smallest absolute Gasteiger partial charge is 0.263 e. The van der Waals surface area contributed by atoms with Crippen LogP contribution in [0.4, 0.5) is 5.13 Å². The van der Waals surface area contributed by atoms with Gasteiger partial charge in [-0.1, -0.05) is 29.0 Å². The van der Waals surface area contributed by atoms with Crippen LogP contribution in [0.15, 0.2) is 47.4 Å². The van der Waals surface area contributed by atoms with Crippen molar-refractivity contribution in [3.63, 3.8) is 0 Å². The van der Waals surface area contributed by atoms with Crippen LogP contribution in [0.1, 0.15) is 6.92 Å². The van der Waals surface area contributed by atoms with Crippen molar-refractivity contribution in [1.82, 2.24) is 4.98 Å². The highest BCUT2D eigenvalue weighted by Crippen LogP contribution is 2.30. The summed E-state index contributed by atoms with van der Waals surface area (Å²) in [5.74, 6) is 0.730. The maximum Gasteiger partial charge on any atom is 0.263 e. The molecule has 1 aromatic heterocycles. The van der Waals surface area contributed by atoms with Gasteiger partial charge in [0.25, 0.3) is 10.0 Å². The molecule has 0 saturated carbocycles. The van der Waals surface area contributed by atoms with E-state index in [4.69, 9.17) is 16.3 Å². The summed E-state index contributed by atoms with van der Waals surface area (Å²) in [6, 6.07) is 11.5. The summed E-state index contributed by atoms with van der Waals surface area (Å²) in [5.41, 5.74) is 0.710. The number of ether oxygens (including phenoxy) is 1. The van der Waals surface area contributed by atoms with Crippen LogP contribution >= 0.6 is 22.9 Å². The van der Waals surface area contributed by atoms with Crippen LogP contribution in [0.5, 0.6) is 5.75 Å². The lowest BCUT2D eigenvalue weighted by Gasteiger charge is -2.04. The molecule has 0 atom stereocenters. The molecular weight excluding hydrogens is 356 g/mol. The minimum Gasteiger partial charge on any atom is -0.494 e. The molecule has 23 heavy (non-hydrogen) atoms. The van der Waals surface area contributed by atoms with Gasteiger partial charge >= 0.3 is 0 Å². The van der Waals surface area contributed by atoms with E-state index in [0.29, 0.717) is 22.3 Å². The highest BCUT2D eigenvalue weighted by molar-refractivity contribution is 7.93. The van der Waals surface area contributed by atoms with Crippen LogP contribution < -0.4 is 9.46 Å². The molecule has 1 N–H and O–H groups in total. The number of anilines is 1. The van der Waals surface area contributed by atoms with E-state index in [-0.39, 0.29) is 4.90 Å². The molecule has 120 valence electrons. The van der Waals surface area contributed by atoms with Gasteiger partial charge in [0.05, 0.1) is 21.7 Å². The van der Waals surface area contributed by atoms with Crippen molar-refractivity contribution in [3.8, 4) is 5.75 Å². The Labute approximate surface area is 142 Å². The Balaban J connectivity index is 1.91. The van der Waals surface area contributed by atoms with Crippen LogP contribution in [0.2, 0.25) is 5.02 Å². The maximum absolute atomic E-state index is 12.4. The lowest BCUT2D eigenvalue weighted by atomic mass is 10.3. The largest absolute Gasteiger partial charge is 0.494 e. The van der Waals surface area contributed by atoms with Gasteiger partial charge in [0, 0.05) is 5.02 Å². The van der Waals surface area contributed by atoms with Gasteiger partial charge in [0.2, 0.25) is 0 Å². The second kappa shape index (κ2) is 6.35. The van der Waals surface area contributed by atoms with Crippen molar-refractivity contribution in [2.75, 3.05) is 11.3 Å². The lowest BCUT2D eigenvalue weighted by Crippen LogP contribution is -2.12. The van der Waals surface area contributed by atoms with Gasteiger partial charge in [-0.25, -0.2) is 13.4 Å². The fourth-order valence-electron chi connectivity index (χ4n) is 2.01. The summed E-state index contributed by atoms with van der Waals surface area (Å²) in [6.07, 6.45) is 0. The normalized spacial score (nSPS) is 11.6. The third-order valence-electron chi connectivity index (χ3n) is 3.00.